The monoisotopic (exact) mass is 206 g/mol. The second-order valence-electron chi connectivity index (χ2n) is 2.95. The molecule has 2 aromatic heterocycles. The molecule has 0 aromatic carbocycles. The molecule has 4 heteroatoms. The number of nitrogens with zero attached hydrogens (tertiary/aromatic N) is 2. The molecule has 0 spiro atoms. The highest BCUT2D eigenvalue weighted by Crippen LogP contribution is 2.19. The van der Waals surface area contributed by atoms with E-state index in [1.165, 1.54) is 13.1 Å². The quantitative estimate of drug-likeness (QED) is 0.532. The molecule has 0 saturated carbocycles. The first-order valence-electron chi connectivity index (χ1n) is 4.09. The zero-order valence-electron chi connectivity index (χ0n) is 7.49. The number of fused-ring (bicyclic) bond motifs is 1. The van der Waals surface area contributed by atoms with Gasteiger partial charge < -0.3 is 0 Å². The molecule has 0 N–H and O–H groups in total. The van der Waals surface area contributed by atoms with E-state index in [4.69, 9.17) is 11.6 Å². The van der Waals surface area contributed by atoms with Crippen molar-refractivity contribution in [3.05, 3.63) is 35.2 Å². The molecule has 0 bridgehead atoms. The van der Waals surface area contributed by atoms with Crippen LogP contribution in [-0.2, 0) is 0 Å². The molecule has 2 heterocycles. The van der Waals surface area contributed by atoms with Gasteiger partial charge in [-0.2, -0.15) is 0 Å². The van der Waals surface area contributed by atoms with Crippen molar-refractivity contribution in [3.63, 3.8) is 0 Å². The average Bonchev–Trinajstić information content (AvgIpc) is 2.17. The fourth-order valence-corrected chi connectivity index (χ4v) is 1.43. The molecule has 70 valence electrons. The summed E-state index contributed by atoms with van der Waals surface area (Å²) in [6, 6.07) is 3.54. The van der Waals surface area contributed by atoms with Gasteiger partial charge in [-0.3, -0.25) is 9.78 Å². The van der Waals surface area contributed by atoms with E-state index in [1.807, 2.05) is 0 Å². The minimum absolute atomic E-state index is 0.00710. The van der Waals surface area contributed by atoms with Gasteiger partial charge in [0.25, 0.3) is 0 Å². The van der Waals surface area contributed by atoms with Gasteiger partial charge in [-0.15, -0.1) is 0 Å². The Kier molecular flexibility index (Phi) is 2.17. The van der Waals surface area contributed by atoms with Crippen molar-refractivity contribution < 1.29 is 4.79 Å². The van der Waals surface area contributed by atoms with Crippen LogP contribution < -0.4 is 0 Å². The molecule has 0 aliphatic heterocycles. The summed E-state index contributed by atoms with van der Waals surface area (Å²) in [5, 5.41) is 1.19. The third kappa shape index (κ3) is 1.46. The number of carbonyl (C=O) groups excluding carboxylic acids is 1. The summed E-state index contributed by atoms with van der Waals surface area (Å²) < 4.78 is 0. The Morgan fingerprint density at radius 2 is 2.21 bits per heavy atom. The van der Waals surface area contributed by atoms with E-state index in [0.29, 0.717) is 16.2 Å². The van der Waals surface area contributed by atoms with Crippen LogP contribution in [-0.4, -0.2) is 15.8 Å². The van der Waals surface area contributed by atoms with Crippen molar-refractivity contribution in [2.45, 2.75) is 6.92 Å². The standard InChI is InChI=1S/C10H7ClN2O/c1-6(14)8-4-7-2-3-12-10(11)9(7)13-5-8/h2-5H,1H3. The average molecular weight is 207 g/mol. The van der Waals surface area contributed by atoms with Gasteiger partial charge in [-0.05, 0) is 19.1 Å². The number of Topliss-reactive ketones (excluding diaryl/α,β-unsaturated/α-hetero) is 1. The van der Waals surface area contributed by atoms with Gasteiger partial charge in [0.1, 0.15) is 5.52 Å². The predicted octanol–water partition coefficient (Wildman–Crippen LogP) is 2.49. The van der Waals surface area contributed by atoms with Crippen LogP contribution in [0.1, 0.15) is 17.3 Å². The van der Waals surface area contributed by atoms with E-state index in [1.54, 1.807) is 18.3 Å². The normalized spacial score (nSPS) is 10.4. The van der Waals surface area contributed by atoms with E-state index in [9.17, 15) is 4.79 Å². The van der Waals surface area contributed by atoms with Crippen LogP contribution in [0.2, 0.25) is 5.15 Å². The molecule has 2 aromatic rings. The molecule has 0 radical (unpaired) electrons. The van der Waals surface area contributed by atoms with Crippen molar-refractivity contribution >= 4 is 28.3 Å². The zero-order valence-corrected chi connectivity index (χ0v) is 8.25. The Morgan fingerprint density at radius 1 is 1.43 bits per heavy atom. The number of hydrogen-bond acceptors (Lipinski definition) is 3. The first-order chi connectivity index (χ1) is 6.68. The third-order valence-electron chi connectivity index (χ3n) is 1.96. The molecule has 0 saturated heterocycles. The Balaban J connectivity index is 2.73. The highest BCUT2D eigenvalue weighted by atomic mass is 35.5. The second kappa shape index (κ2) is 3.35. The molecular weight excluding hydrogens is 200 g/mol. The number of rotatable bonds is 1. The second-order valence-corrected chi connectivity index (χ2v) is 3.31. The van der Waals surface area contributed by atoms with Crippen molar-refractivity contribution in [2.75, 3.05) is 0 Å². The number of pyridine rings is 2. The summed E-state index contributed by atoms with van der Waals surface area (Å²) in [6.45, 7) is 1.51. The Hall–Kier alpha value is -1.48. The van der Waals surface area contributed by atoms with Crippen molar-refractivity contribution in [1.82, 2.24) is 9.97 Å². The highest BCUT2D eigenvalue weighted by molar-refractivity contribution is 6.33. The van der Waals surface area contributed by atoms with Gasteiger partial charge in [0.2, 0.25) is 0 Å². The van der Waals surface area contributed by atoms with Gasteiger partial charge in [-0.1, -0.05) is 11.6 Å². The summed E-state index contributed by atoms with van der Waals surface area (Å²) in [5.74, 6) is -0.00710. The first-order valence-corrected chi connectivity index (χ1v) is 4.47. The highest BCUT2D eigenvalue weighted by Gasteiger charge is 2.04. The number of hydrogen-bond donors (Lipinski definition) is 0. The first kappa shape index (κ1) is 9.09. The summed E-state index contributed by atoms with van der Waals surface area (Å²) in [7, 11) is 0. The maximum absolute atomic E-state index is 11.1. The van der Waals surface area contributed by atoms with Crippen LogP contribution in [0.5, 0.6) is 0 Å². The zero-order chi connectivity index (χ0) is 10.1. The summed E-state index contributed by atoms with van der Waals surface area (Å²) >= 11 is 5.83. The number of aromatic nitrogens is 2. The maximum Gasteiger partial charge on any atom is 0.161 e. The molecule has 2 rings (SSSR count). The van der Waals surface area contributed by atoms with Gasteiger partial charge in [0, 0.05) is 23.3 Å². The smallest absolute Gasteiger partial charge is 0.161 e. The number of halogens is 1. The predicted molar refractivity (Wildman–Crippen MR) is 54.6 cm³/mol. The lowest BCUT2D eigenvalue weighted by atomic mass is 10.1. The van der Waals surface area contributed by atoms with Gasteiger partial charge >= 0.3 is 0 Å². The van der Waals surface area contributed by atoms with Crippen molar-refractivity contribution in [1.29, 1.82) is 0 Å². The van der Waals surface area contributed by atoms with Crippen LogP contribution in [0.25, 0.3) is 10.9 Å². The Morgan fingerprint density at radius 3 is 2.93 bits per heavy atom. The van der Waals surface area contributed by atoms with Gasteiger partial charge in [-0.25, -0.2) is 4.98 Å². The molecule has 0 atom stereocenters. The lowest BCUT2D eigenvalue weighted by Gasteiger charge is -2.00. The minimum Gasteiger partial charge on any atom is -0.294 e. The lowest BCUT2D eigenvalue weighted by Crippen LogP contribution is -1.94. The fourth-order valence-electron chi connectivity index (χ4n) is 1.22. The van der Waals surface area contributed by atoms with Crippen molar-refractivity contribution in [2.24, 2.45) is 0 Å². The van der Waals surface area contributed by atoms with E-state index in [-0.39, 0.29) is 5.78 Å². The topological polar surface area (TPSA) is 42.9 Å². The molecule has 3 nitrogen and oxygen atoms in total. The molecule has 0 unspecified atom stereocenters. The summed E-state index contributed by atoms with van der Waals surface area (Å²) in [5.41, 5.74) is 1.21. The van der Waals surface area contributed by atoms with Crippen LogP contribution in [0.4, 0.5) is 0 Å². The Bertz CT molecular complexity index is 510. The van der Waals surface area contributed by atoms with E-state index >= 15 is 0 Å². The fraction of sp³-hybridized carbons (Fsp3) is 0.100. The molecule has 0 aliphatic carbocycles. The molecule has 0 aliphatic rings. The number of ketones is 1. The maximum atomic E-state index is 11.1. The van der Waals surface area contributed by atoms with Gasteiger partial charge in [0.15, 0.2) is 10.9 Å². The Labute approximate surface area is 85.7 Å². The summed E-state index contributed by atoms with van der Waals surface area (Å²) in [4.78, 5) is 19.1. The van der Waals surface area contributed by atoms with Crippen LogP contribution in [0, 0.1) is 0 Å². The lowest BCUT2D eigenvalue weighted by molar-refractivity contribution is 0.101. The van der Waals surface area contributed by atoms with Crippen LogP contribution >= 0.6 is 11.6 Å². The minimum atomic E-state index is -0.00710. The number of carbonyl (C=O) groups is 1. The van der Waals surface area contributed by atoms with E-state index < -0.39 is 0 Å². The molecule has 14 heavy (non-hydrogen) atoms. The molecule has 0 amide bonds. The van der Waals surface area contributed by atoms with E-state index in [0.717, 1.165) is 5.39 Å². The SMILES string of the molecule is CC(=O)c1cnc2c(Cl)nccc2c1. The van der Waals surface area contributed by atoms with Crippen molar-refractivity contribution in [3.8, 4) is 0 Å². The largest absolute Gasteiger partial charge is 0.294 e. The molecular formula is C10H7ClN2O. The van der Waals surface area contributed by atoms with E-state index in [2.05, 4.69) is 9.97 Å². The van der Waals surface area contributed by atoms with Crippen LogP contribution in [0.3, 0.4) is 0 Å². The summed E-state index contributed by atoms with van der Waals surface area (Å²) in [6.07, 6.45) is 3.11. The van der Waals surface area contributed by atoms with Gasteiger partial charge in [0.05, 0.1) is 0 Å². The van der Waals surface area contributed by atoms with Crippen LogP contribution in [0.15, 0.2) is 24.5 Å². The molecule has 0 fully saturated rings. The third-order valence-corrected chi connectivity index (χ3v) is 2.24.